The lowest BCUT2D eigenvalue weighted by molar-refractivity contribution is -0.136. The summed E-state index contributed by atoms with van der Waals surface area (Å²) in [5.41, 5.74) is 7.50. The first-order valence-electron chi connectivity index (χ1n) is 21.6. The van der Waals surface area contributed by atoms with Crippen LogP contribution in [0.4, 0.5) is 5.00 Å². The number of hydrogen-bond acceptors (Lipinski definition) is 13. The van der Waals surface area contributed by atoms with Gasteiger partial charge in [-0.3, -0.25) is 35.6 Å². The molecule has 68 heavy (non-hydrogen) atoms. The SMILES string of the molecule is COc1cc(C(NCC(=O)O)c2ccc(C)c(CN(C)S(=O)(=O)c3ccc(OCCCNC(=O)C[C@@H]4N=C(c5ccc(Cl)cc5)c5c(sc(C)c5C)N(C(C)=N)C4=N)cc3)c2)cc2nnn(C)c12. The van der Waals surface area contributed by atoms with Crippen molar-refractivity contribution >= 4 is 78.3 Å². The first-order chi connectivity index (χ1) is 32.4. The van der Waals surface area contributed by atoms with Crippen molar-refractivity contribution < 1.29 is 32.6 Å². The first kappa shape index (κ1) is 49.4. The van der Waals surface area contributed by atoms with Crippen LogP contribution in [-0.4, -0.2) is 102 Å². The number of sulfonamides is 1. The van der Waals surface area contributed by atoms with E-state index in [0.29, 0.717) is 45.3 Å². The number of anilines is 1. The number of amides is 1. The van der Waals surface area contributed by atoms with Crippen molar-refractivity contribution in [2.45, 2.75) is 64.1 Å². The maximum absolute atomic E-state index is 13.8. The second kappa shape index (κ2) is 20.8. The summed E-state index contributed by atoms with van der Waals surface area (Å²) in [6.45, 7) is 7.73. The van der Waals surface area contributed by atoms with Gasteiger partial charge in [0.25, 0.3) is 0 Å². The van der Waals surface area contributed by atoms with E-state index in [1.807, 2.05) is 63.2 Å². The number of nitrogens with zero attached hydrogens (tertiary/aromatic N) is 6. The van der Waals surface area contributed by atoms with Crippen molar-refractivity contribution in [3.8, 4) is 11.5 Å². The summed E-state index contributed by atoms with van der Waals surface area (Å²) in [6, 6.07) is 21.2. The molecule has 1 aliphatic heterocycles. The number of aromatic nitrogens is 3. The molecule has 0 aliphatic carbocycles. The Labute approximate surface area is 403 Å². The molecule has 0 fully saturated rings. The molecule has 0 saturated carbocycles. The van der Waals surface area contributed by atoms with E-state index in [9.17, 15) is 23.1 Å². The van der Waals surface area contributed by atoms with E-state index in [4.69, 9.17) is 36.9 Å². The predicted molar refractivity (Wildman–Crippen MR) is 265 cm³/mol. The standard InChI is InChI=1S/C48H53ClN10O7S2/c1-27-9-10-32(44(53-25-42(61)62)33-22-38-46(40(23-33)65-7)58(6)56-55-38)21-34(27)26-57(5)68(63,64)37-17-15-36(16-18-37)66-20-8-19-52-41(60)24-39-47(51)59(30(4)50)48-43(28(2)29(3)67-48)45(54-39)31-11-13-35(49)14-12-31/h9-18,21-23,39,44,50-51,53H,8,19-20,24-26H2,1-7H3,(H,52,60)(H,61,62)/t39-,44?/m0/s1. The summed E-state index contributed by atoms with van der Waals surface area (Å²) in [6.07, 6.45) is 0.343. The van der Waals surface area contributed by atoms with E-state index < -0.39 is 28.1 Å². The minimum atomic E-state index is -3.95. The average Bonchev–Trinajstić information content (AvgIpc) is 3.78. The number of methoxy groups -OCH3 is 1. The number of carbonyl (C=O) groups is 2. The molecule has 0 radical (unpaired) electrons. The number of carbonyl (C=O) groups excluding carboxylic acids is 1. The van der Waals surface area contributed by atoms with Crippen LogP contribution in [0.25, 0.3) is 11.0 Å². The molecule has 0 spiro atoms. The number of amidine groups is 2. The molecule has 17 nitrogen and oxygen atoms in total. The zero-order valence-electron chi connectivity index (χ0n) is 38.7. The monoisotopic (exact) mass is 980 g/mol. The van der Waals surface area contributed by atoms with E-state index in [1.54, 1.807) is 47.8 Å². The number of carboxylic acid groups (broad SMARTS) is 1. The van der Waals surface area contributed by atoms with Gasteiger partial charge in [-0.05, 0) is 110 Å². The zero-order chi connectivity index (χ0) is 49.0. The lowest BCUT2D eigenvalue weighted by Gasteiger charge is -2.24. The van der Waals surface area contributed by atoms with Crippen LogP contribution in [0.1, 0.15) is 69.6 Å². The van der Waals surface area contributed by atoms with E-state index in [1.165, 1.54) is 41.9 Å². The minimum Gasteiger partial charge on any atom is -0.494 e. The zero-order valence-corrected chi connectivity index (χ0v) is 41.1. The van der Waals surface area contributed by atoms with Gasteiger partial charge in [-0.1, -0.05) is 47.1 Å². The summed E-state index contributed by atoms with van der Waals surface area (Å²) < 4.78 is 42.1. The average molecular weight is 982 g/mol. The largest absolute Gasteiger partial charge is 0.494 e. The van der Waals surface area contributed by atoms with Crippen LogP contribution in [0.2, 0.25) is 5.02 Å². The van der Waals surface area contributed by atoms with Crippen LogP contribution in [0.3, 0.4) is 0 Å². The molecular formula is C48H53ClN10O7S2. The van der Waals surface area contributed by atoms with Gasteiger partial charge < -0.3 is 19.9 Å². The van der Waals surface area contributed by atoms with Crippen LogP contribution in [0.5, 0.6) is 11.5 Å². The molecule has 2 aromatic heterocycles. The third-order valence-corrected chi connectivity index (χ3v) is 15.0. The number of ether oxygens (including phenoxy) is 2. The summed E-state index contributed by atoms with van der Waals surface area (Å²) in [7, 11) is 0.843. The molecule has 3 heterocycles. The number of aliphatic carboxylic acids is 1. The molecule has 4 aromatic carbocycles. The summed E-state index contributed by atoms with van der Waals surface area (Å²) >= 11 is 7.70. The van der Waals surface area contributed by atoms with Crippen LogP contribution in [0, 0.1) is 31.6 Å². The van der Waals surface area contributed by atoms with Crippen molar-refractivity contribution in [1.29, 1.82) is 10.8 Å². The Morgan fingerprint density at radius 1 is 1.03 bits per heavy atom. The Kier molecular flexibility index (Phi) is 15.1. The van der Waals surface area contributed by atoms with Crippen molar-refractivity contribution in [2.75, 3.05) is 38.8 Å². The third-order valence-electron chi connectivity index (χ3n) is 11.7. The van der Waals surface area contributed by atoms with E-state index in [2.05, 4.69) is 20.9 Å². The number of nitrogens with one attached hydrogen (secondary N) is 4. The quantitative estimate of drug-likeness (QED) is 0.0329. The van der Waals surface area contributed by atoms with Gasteiger partial charge in [-0.2, -0.15) is 4.31 Å². The number of aliphatic imine (C=N–C) groups is 1. The van der Waals surface area contributed by atoms with Crippen LogP contribution >= 0.6 is 22.9 Å². The predicted octanol–water partition coefficient (Wildman–Crippen LogP) is 7.18. The summed E-state index contributed by atoms with van der Waals surface area (Å²) in [5, 5.41) is 42.9. The van der Waals surface area contributed by atoms with Gasteiger partial charge in [-0.25, -0.2) is 13.1 Å². The van der Waals surface area contributed by atoms with Crippen LogP contribution in [-0.2, 0) is 33.2 Å². The third kappa shape index (κ3) is 10.6. The Hall–Kier alpha value is -6.51. The number of thiophene rings is 1. The van der Waals surface area contributed by atoms with Crippen molar-refractivity contribution in [1.82, 2.24) is 29.9 Å². The lowest BCUT2D eigenvalue weighted by Crippen LogP contribution is -2.42. The molecule has 20 heteroatoms. The molecule has 7 rings (SSSR count). The maximum atomic E-state index is 13.8. The highest BCUT2D eigenvalue weighted by atomic mass is 35.5. The van der Waals surface area contributed by atoms with Gasteiger partial charge in [0, 0.05) is 48.2 Å². The topological polar surface area (TPSA) is 228 Å². The first-order valence-corrected chi connectivity index (χ1v) is 24.3. The van der Waals surface area contributed by atoms with Gasteiger partial charge in [0.1, 0.15) is 45.2 Å². The number of rotatable bonds is 18. The van der Waals surface area contributed by atoms with Gasteiger partial charge in [0.05, 0.1) is 43.3 Å². The van der Waals surface area contributed by atoms with E-state index in [0.717, 1.165) is 43.3 Å². The van der Waals surface area contributed by atoms with Gasteiger partial charge in [0.2, 0.25) is 15.9 Å². The normalized spacial score (nSPS) is 14.4. The molecule has 1 aliphatic rings. The molecule has 1 unspecified atom stereocenters. The number of benzene rings is 4. The van der Waals surface area contributed by atoms with Crippen LogP contribution < -0.4 is 25.0 Å². The van der Waals surface area contributed by atoms with Crippen molar-refractivity contribution in [3.63, 3.8) is 0 Å². The van der Waals surface area contributed by atoms with E-state index in [-0.39, 0.29) is 55.1 Å². The smallest absolute Gasteiger partial charge is 0.317 e. The highest BCUT2D eigenvalue weighted by molar-refractivity contribution is 7.89. The molecule has 0 bridgehead atoms. The summed E-state index contributed by atoms with van der Waals surface area (Å²) in [4.78, 5) is 32.7. The number of aryl methyl sites for hydroxylation is 3. The Morgan fingerprint density at radius 2 is 1.75 bits per heavy atom. The number of fused-ring (bicyclic) bond motifs is 2. The highest BCUT2D eigenvalue weighted by Gasteiger charge is 2.35. The molecule has 1 amide bonds. The Bertz CT molecular complexity index is 3040. The molecule has 5 N–H and O–H groups in total. The Balaban J connectivity index is 0.962. The highest BCUT2D eigenvalue weighted by Crippen LogP contribution is 2.40. The van der Waals surface area contributed by atoms with Gasteiger partial charge in [-0.15, -0.1) is 16.4 Å². The number of halogens is 1. The van der Waals surface area contributed by atoms with Gasteiger partial charge >= 0.3 is 5.97 Å². The molecule has 6 aromatic rings. The Morgan fingerprint density at radius 3 is 2.43 bits per heavy atom. The molecule has 0 saturated heterocycles. The molecule has 2 atom stereocenters. The summed E-state index contributed by atoms with van der Waals surface area (Å²) in [5.74, 6) is -0.189. The van der Waals surface area contributed by atoms with Crippen molar-refractivity contribution in [2.24, 2.45) is 12.0 Å². The second-order valence-electron chi connectivity index (χ2n) is 16.5. The van der Waals surface area contributed by atoms with Gasteiger partial charge in [0.15, 0.2) is 0 Å². The molecule has 356 valence electrons. The fourth-order valence-corrected chi connectivity index (χ4v) is 10.5. The van der Waals surface area contributed by atoms with Crippen LogP contribution in [0.15, 0.2) is 88.8 Å². The maximum Gasteiger partial charge on any atom is 0.317 e. The van der Waals surface area contributed by atoms with E-state index >= 15 is 0 Å². The minimum absolute atomic E-state index is 0.0370. The fraction of sp³-hybridized carbons (Fsp3) is 0.312. The van der Waals surface area contributed by atoms with Crippen molar-refractivity contribution in [3.05, 3.63) is 128 Å². The fourth-order valence-electron chi connectivity index (χ4n) is 7.99. The number of carboxylic acids is 1. The second-order valence-corrected chi connectivity index (χ2v) is 20.1. The number of hydrogen-bond donors (Lipinski definition) is 5. The lowest BCUT2D eigenvalue weighted by atomic mass is 9.94. The molecular weight excluding hydrogens is 928 g/mol.